The van der Waals surface area contributed by atoms with E-state index in [-0.39, 0.29) is 24.1 Å². The molecule has 0 bridgehead atoms. The zero-order chi connectivity index (χ0) is 24.6. The van der Waals surface area contributed by atoms with E-state index in [4.69, 9.17) is 4.42 Å². The lowest BCUT2D eigenvalue weighted by molar-refractivity contribution is -0.137. The van der Waals surface area contributed by atoms with Gasteiger partial charge in [-0.3, -0.25) is 9.59 Å². The van der Waals surface area contributed by atoms with Crippen LogP contribution in [0.15, 0.2) is 70.0 Å². The minimum Gasteiger partial charge on any atom is -0.454 e. The second-order valence-corrected chi connectivity index (χ2v) is 9.35. The average Bonchev–Trinajstić information content (AvgIpc) is 3.34. The van der Waals surface area contributed by atoms with Gasteiger partial charge in [-0.1, -0.05) is 18.2 Å². The van der Waals surface area contributed by atoms with Gasteiger partial charge in [-0.2, -0.15) is 13.2 Å². The molecule has 1 fully saturated rings. The normalized spacial score (nSPS) is 16.4. The van der Waals surface area contributed by atoms with Crippen LogP contribution in [0.4, 0.5) is 24.5 Å². The lowest BCUT2D eigenvalue weighted by Gasteiger charge is -2.36. The Morgan fingerprint density at radius 2 is 1.74 bits per heavy atom. The van der Waals surface area contributed by atoms with Crippen molar-refractivity contribution in [3.05, 3.63) is 77.7 Å². The summed E-state index contributed by atoms with van der Waals surface area (Å²) in [4.78, 5) is 31.6. The molecule has 2 amide bonds. The van der Waals surface area contributed by atoms with Crippen LogP contribution in [0.5, 0.6) is 0 Å². The van der Waals surface area contributed by atoms with Crippen LogP contribution in [0.3, 0.4) is 0 Å². The monoisotopic (exact) mass is 501 g/mol. The van der Waals surface area contributed by atoms with E-state index in [9.17, 15) is 22.8 Å². The van der Waals surface area contributed by atoms with Crippen molar-refractivity contribution in [2.24, 2.45) is 0 Å². The quantitative estimate of drug-likeness (QED) is 0.509. The fraction of sp³-hybridized carbons (Fsp3) is 0.280. The molecule has 0 aliphatic carbocycles. The van der Waals surface area contributed by atoms with Crippen LogP contribution in [0.25, 0.3) is 0 Å². The number of nitrogens with zero attached hydrogens (tertiary/aromatic N) is 3. The Labute approximate surface area is 204 Å². The fourth-order valence-corrected chi connectivity index (χ4v) is 5.20. The first-order chi connectivity index (χ1) is 16.8. The van der Waals surface area contributed by atoms with Crippen LogP contribution in [0.2, 0.25) is 0 Å². The maximum Gasteiger partial charge on any atom is 0.416 e. The number of para-hydroxylation sites is 1. The molecule has 0 saturated carbocycles. The molecule has 2 aromatic carbocycles. The Kier molecular flexibility index (Phi) is 6.22. The molecule has 0 radical (unpaired) electrons. The van der Waals surface area contributed by atoms with Crippen molar-refractivity contribution in [2.75, 3.05) is 41.7 Å². The van der Waals surface area contributed by atoms with E-state index in [0.29, 0.717) is 43.4 Å². The molecule has 5 rings (SSSR count). The third-order valence-corrected chi connectivity index (χ3v) is 7.15. The van der Waals surface area contributed by atoms with Crippen molar-refractivity contribution in [3.8, 4) is 0 Å². The van der Waals surface area contributed by atoms with Crippen LogP contribution >= 0.6 is 11.8 Å². The summed E-state index contributed by atoms with van der Waals surface area (Å²) in [6, 6.07) is 16.2. The van der Waals surface area contributed by atoms with Gasteiger partial charge in [-0.25, -0.2) is 0 Å². The molecule has 3 heterocycles. The van der Waals surface area contributed by atoms with E-state index in [2.05, 4.69) is 0 Å². The Bertz CT molecular complexity index is 1250. The maximum absolute atomic E-state index is 13.0. The first-order valence-electron chi connectivity index (χ1n) is 11.1. The summed E-state index contributed by atoms with van der Waals surface area (Å²) < 4.78 is 44.9. The first-order valence-corrected chi connectivity index (χ1v) is 12.1. The molecular formula is C25H22F3N3O3S. The third kappa shape index (κ3) is 4.88. The van der Waals surface area contributed by atoms with Crippen molar-refractivity contribution >= 4 is 35.0 Å². The minimum absolute atomic E-state index is 0.0244. The topological polar surface area (TPSA) is 57.0 Å². The second kappa shape index (κ2) is 9.33. The highest BCUT2D eigenvalue weighted by atomic mass is 32.2. The van der Waals surface area contributed by atoms with E-state index >= 15 is 0 Å². The van der Waals surface area contributed by atoms with Crippen LogP contribution in [0.1, 0.15) is 21.9 Å². The summed E-state index contributed by atoms with van der Waals surface area (Å²) in [5, 5.41) is 0. The van der Waals surface area contributed by atoms with E-state index in [1.54, 1.807) is 28.0 Å². The summed E-state index contributed by atoms with van der Waals surface area (Å²) in [7, 11) is 0. The summed E-state index contributed by atoms with van der Waals surface area (Å²) in [5.41, 5.74) is 0.616. The van der Waals surface area contributed by atoms with Gasteiger partial charge in [0.25, 0.3) is 5.91 Å². The Balaban J connectivity index is 1.22. The molecule has 1 aromatic heterocycles. The van der Waals surface area contributed by atoms with Gasteiger partial charge in [0.2, 0.25) is 5.91 Å². The molecule has 0 N–H and O–H groups in total. The van der Waals surface area contributed by atoms with Gasteiger partial charge in [0, 0.05) is 36.8 Å². The van der Waals surface area contributed by atoms with E-state index in [0.717, 1.165) is 22.7 Å². The standard InChI is InChI=1S/C25H22F3N3O3S/c26-25(27,28)17-4-3-5-18(14-17)29-10-12-30(13-11-29)24(33)21-9-8-19(34-21)15-31-20-6-1-2-7-22(20)35-16-23(31)32/h1-9,14H,10-13,15-16H2. The number of alkyl halides is 3. The number of carbonyl (C=O) groups is 2. The molecule has 0 atom stereocenters. The molecule has 6 nitrogen and oxygen atoms in total. The molecule has 10 heteroatoms. The van der Waals surface area contributed by atoms with Gasteiger partial charge >= 0.3 is 6.18 Å². The number of piperazine rings is 1. The Morgan fingerprint density at radius 1 is 0.971 bits per heavy atom. The zero-order valence-corrected chi connectivity index (χ0v) is 19.4. The van der Waals surface area contributed by atoms with Gasteiger partial charge in [0.05, 0.1) is 23.5 Å². The van der Waals surface area contributed by atoms with Crippen LogP contribution in [0, 0.1) is 0 Å². The Morgan fingerprint density at radius 3 is 2.51 bits per heavy atom. The summed E-state index contributed by atoms with van der Waals surface area (Å²) in [6.07, 6.45) is -4.40. The lowest BCUT2D eigenvalue weighted by Crippen LogP contribution is -2.48. The zero-order valence-electron chi connectivity index (χ0n) is 18.6. The average molecular weight is 502 g/mol. The van der Waals surface area contributed by atoms with Crippen molar-refractivity contribution in [3.63, 3.8) is 0 Å². The van der Waals surface area contributed by atoms with Gasteiger partial charge < -0.3 is 19.1 Å². The first kappa shape index (κ1) is 23.3. The summed E-state index contributed by atoms with van der Waals surface area (Å²) >= 11 is 1.50. The van der Waals surface area contributed by atoms with Crippen molar-refractivity contribution in [1.29, 1.82) is 0 Å². The fourth-order valence-electron chi connectivity index (χ4n) is 4.26. The molecule has 0 spiro atoms. The van der Waals surface area contributed by atoms with Crippen molar-refractivity contribution < 1.29 is 27.2 Å². The number of halogens is 3. The summed E-state index contributed by atoms with van der Waals surface area (Å²) in [5.74, 6) is 0.731. The van der Waals surface area contributed by atoms with Crippen LogP contribution < -0.4 is 9.80 Å². The van der Waals surface area contributed by atoms with E-state index < -0.39 is 11.7 Å². The van der Waals surface area contributed by atoms with Crippen molar-refractivity contribution in [2.45, 2.75) is 17.6 Å². The lowest BCUT2D eigenvalue weighted by atomic mass is 10.1. The molecule has 35 heavy (non-hydrogen) atoms. The highest BCUT2D eigenvalue weighted by Crippen LogP contribution is 2.36. The molecule has 2 aliphatic rings. The molecule has 182 valence electrons. The van der Waals surface area contributed by atoms with Gasteiger partial charge in [0.15, 0.2) is 5.76 Å². The number of amides is 2. The number of rotatable bonds is 4. The minimum atomic E-state index is -4.40. The molecular weight excluding hydrogens is 479 g/mol. The highest BCUT2D eigenvalue weighted by molar-refractivity contribution is 8.00. The number of fused-ring (bicyclic) bond motifs is 1. The van der Waals surface area contributed by atoms with Gasteiger partial charge in [-0.05, 0) is 42.5 Å². The predicted molar refractivity (Wildman–Crippen MR) is 127 cm³/mol. The Hall–Kier alpha value is -3.40. The summed E-state index contributed by atoms with van der Waals surface area (Å²) in [6.45, 7) is 1.78. The van der Waals surface area contributed by atoms with E-state index in [1.165, 1.54) is 17.8 Å². The number of anilines is 2. The van der Waals surface area contributed by atoms with Gasteiger partial charge in [0.1, 0.15) is 5.76 Å². The van der Waals surface area contributed by atoms with Gasteiger partial charge in [-0.15, -0.1) is 11.8 Å². The largest absolute Gasteiger partial charge is 0.454 e. The third-order valence-electron chi connectivity index (χ3n) is 6.10. The maximum atomic E-state index is 13.0. The van der Waals surface area contributed by atoms with Crippen LogP contribution in [-0.4, -0.2) is 48.6 Å². The number of furan rings is 1. The van der Waals surface area contributed by atoms with E-state index in [1.807, 2.05) is 29.2 Å². The number of hydrogen-bond donors (Lipinski definition) is 0. The molecule has 1 saturated heterocycles. The SMILES string of the molecule is O=C(c1ccc(CN2C(=O)CSc3ccccc32)o1)N1CCN(c2cccc(C(F)(F)F)c2)CC1. The number of hydrogen-bond acceptors (Lipinski definition) is 5. The number of thioether (sulfide) groups is 1. The van der Waals surface area contributed by atoms with Crippen molar-refractivity contribution in [1.82, 2.24) is 4.90 Å². The van der Waals surface area contributed by atoms with Crippen LogP contribution in [-0.2, 0) is 17.5 Å². The predicted octanol–water partition coefficient (Wildman–Crippen LogP) is 4.90. The molecule has 0 unspecified atom stereocenters. The second-order valence-electron chi connectivity index (χ2n) is 8.33. The number of carbonyl (C=O) groups excluding carboxylic acids is 2. The molecule has 3 aromatic rings. The highest BCUT2D eigenvalue weighted by Gasteiger charge is 2.32. The molecule has 2 aliphatic heterocycles. The smallest absolute Gasteiger partial charge is 0.416 e. The number of benzene rings is 2.